The monoisotopic (exact) mass is 295 g/mol. The average Bonchev–Trinajstić information content (AvgIpc) is 2.42. The number of rotatable bonds is 4. The van der Waals surface area contributed by atoms with Gasteiger partial charge in [0.15, 0.2) is 0 Å². The van der Waals surface area contributed by atoms with Gasteiger partial charge in [-0.15, -0.1) is 0 Å². The van der Waals surface area contributed by atoms with Crippen molar-refractivity contribution in [3.05, 3.63) is 69.7 Å². The fraction of sp³-hybridized carbons (Fsp3) is 0.250. The molecule has 0 aliphatic carbocycles. The number of halogens is 3. The standard InChI is InChI=1S/C16H16ClF2N/c1-3-20-16(11-6-4-10(2)5-7-11)12-8-15(19)13(17)9-14(12)18/h4-9,16,20H,3H2,1-2H3. The van der Waals surface area contributed by atoms with Crippen LogP contribution >= 0.6 is 11.6 Å². The van der Waals surface area contributed by atoms with E-state index in [1.807, 2.05) is 38.1 Å². The van der Waals surface area contributed by atoms with E-state index in [4.69, 9.17) is 11.6 Å². The van der Waals surface area contributed by atoms with Gasteiger partial charge in [-0.1, -0.05) is 48.4 Å². The quantitative estimate of drug-likeness (QED) is 0.811. The van der Waals surface area contributed by atoms with Gasteiger partial charge in [-0.25, -0.2) is 8.78 Å². The molecule has 4 heteroatoms. The van der Waals surface area contributed by atoms with Crippen LogP contribution in [0, 0.1) is 18.6 Å². The van der Waals surface area contributed by atoms with Gasteiger partial charge in [-0.2, -0.15) is 0 Å². The summed E-state index contributed by atoms with van der Waals surface area (Å²) < 4.78 is 27.7. The van der Waals surface area contributed by atoms with E-state index in [-0.39, 0.29) is 10.6 Å². The number of nitrogens with one attached hydrogen (secondary N) is 1. The van der Waals surface area contributed by atoms with Gasteiger partial charge in [0, 0.05) is 5.56 Å². The van der Waals surface area contributed by atoms with E-state index >= 15 is 0 Å². The molecule has 1 unspecified atom stereocenters. The molecule has 0 saturated heterocycles. The zero-order valence-electron chi connectivity index (χ0n) is 11.4. The van der Waals surface area contributed by atoms with Crippen LogP contribution in [0.4, 0.5) is 8.78 Å². The van der Waals surface area contributed by atoms with Crippen LogP contribution in [0.5, 0.6) is 0 Å². The largest absolute Gasteiger partial charge is 0.306 e. The molecule has 0 aromatic heterocycles. The van der Waals surface area contributed by atoms with E-state index in [1.54, 1.807) is 0 Å². The van der Waals surface area contributed by atoms with Crippen LogP contribution in [0.2, 0.25) is 5.02 Å². The molecule has 0 saturated carbocycles. The predicted octanol–water partition coefficient (Wildman–Crippen LogP) is 4.63. The molecule has 20 heavy (non-hydrogen) atoms. The molecule has 0 bridgehead atoms. The molecule has 106 valence electrons. The Balaban J connectivity index is 2.48. The van der Waals surface area contributed by atoms with Gasteiger partial charge >= 0.3 is 0 Å². The van der Waals surface area contributed by atoms with Crippen LogP contribution in [0.15, 0.2) is 36.4 Å². The molecule has 1 nitrogen and oxygen atoms in total. The minimum atomic E-state index is -0.613. The average molecular weight is 296 g/mol. The number of aryl methyl sites for hydroxylation is 1. The molecule has 2 aromatic rings. The Morgan fingerprint density at radius 1 is 1.10 bits per heavy atom. The van der Waals surface area contributed by atoms with Crippen LogP contribution < -0.4 is 5.32 Å². The first-order valence-corrected chi connectivity index (χ1v) is 6.85. The van der Waals surface area contributed by atoms with Crippen molar-refractivity contribution in [3.63, 3.8) is 0 Å². The molecule has 0 fully saturated rings. The van der Waals surface area contributed by atoms with Crippen LogP contribution in [0.25, 0.3) is 0 Å². The molecule has 0 amide bonds. The van der Waals surface area contributed by atoms with Crippen molar-refractivity contribution in [2.75, 3.05) is 6.54 Å². The summed E-state index contributed by atoms with van der Waals surface area (Å²) in [5.41, 5.74) is 2.27. The highest BCUT2D eigenvalue weighted by Crippen LogP contribution is 2.28. The molecular weight excluding hydrogens is 280 g/mol. The van der Waals surface area contributed by atoms with Gasteiger partial charge < -0.3 is 5.32 Å². The second kappa shape index (κ2) is 6.33. The van der Waals surface area contributed by atoms with Crippen LogP contribution in [-0.2, 0) is 0 Å². The van der Waals surface area contributed by atoms with Gasteiger partial charge in [0.25, 0.3) is 0 Å². The summed E-state index contributed by atoms with van der Waals surface area (Å²) in [5.74, 6) is -1.12. The Morgan fingerprint density at radius 3 is 2.35 bits per heavy atom. The zero-order valence-corrected chi connectivity index (χ0v) is 12.1. The summed E-state index contributed by atoms with van der Waals surface area (Å²) in [6.45, 7) is 4.54. The molecule has 0 aliphatic rings. The smallest absolute Gasteiger partial charge is 0.142 e. The maximum Gasteiger partial charge on any atom is 0.142 e. The van der Waals surface area contributed by atoms with Crippen molar-refractivity contribution in [3.8, 4) is 0 Å². The summed E-state index contributed by atoms with van der Waals surface area (Å²) >= 11 is 5.60. The summed E-state index contributed by atoms with van der Waals surface area (Å²) in [5, 5.41) is 2.97. The van der Waals surface area contributed by atoms with E-state index in [0.29, 0.717) is 6.54 Å². The van der Waals surface area contributed by atoms with E-state index in [9.17, 15) is 8.78 Å². The predicted molar refractivity (Wildman–Crippen MR) is 78.1 cm³/mol. The lowest BCUT2D eigenvalue weighted by molar-refractivity contribution is 0.545. The summed E-state index contributed by atoms with van der Waals surface area (Å²) in [4.78, 5) is 0. The van der Waals surface area contributed by atoms with Crippen molar-refractivity contribution >= 4 is 11.6 Å². The number of hydrogen-bond donors (Lipinski definition) is 1. The van der Waals surface area contributed by atoms with Crippen molar-refractivity contribution in [1.29, 1.82) is 0 Å². The Labute approximate surface area is 122 Å². The SMILES string of the molecule is CCNC(c1ccc(C)cc1)c1cc(F)c(Cl)cc1F. The molecule has 2 aromatic carbocycles. The van der Waals surface area contributed by atoms with E-state index in [0.717, 1.165) is 23.3 Å². The first-order chi connectivity index (χ1) is 9.52. The van der Waals surface area contributed by atoms with Gasteiger partial charge in [0.05, 0.1) is 11.1 Å². The lowest BCUT2D eigenvalue weighted by Crippen LogP contribution is -2.23. The van der Waals surface area contributed by atoms with Gasteiger partial charge in [-0.3, -0.25) is 0 Å². The van der Waals surface area contributed by atoms with Crippen molar-refractivity contribution in [2.24, 2.45) is 0 Å². The van der Waals surface area contributed by atoms with E-state index in [1.165, 1.54) is 0 Å². The Morgan fingerprint density at radius 2 is 1.75 bits per heavy atom. The lowest BCUT2D eigenvalue weighted by atomic mass is 9.97. The van der Waals surface area contributed by atoms with Gasteiger partial charge in [-0.05, 0) is 31.2 Å². The highest BCUT2D eigenvalue weighted by atomic mass is 35.5. The second-order valence-corrected chi connectivity index (χ2v) is 5.10. The molecule has 0 heterocycles. The minimum Gasteiger partial charge on any atom is -0.306 e. The highest BCUT2D eigenvalue weighted by molar-refractivity contribution is 6.30. The van der Waals surface area contributed by atoms with Gasteiger partial charge in [0.2, 0.25) is 0 Å². The molecular formula is C16H16ClF2N. The lowest BCUT2D eigenvalue weighted by Gasteiger charge is -2.20. The van der Waals surface area contributed by atoms with E-state index in [2.05, 4.69) is 5.32 Å². The maximum atomic E-state index is 14.1. The fourth-order valence-corrected chi connectivity index (χ4v) is 2.28. The van der Waals surface area contributed by atoms with Crippen molar-refractivity contribution in [2.45, 2.75) is 19.9 Å². The minimum absolute atomic E-state index is 0.203. The van der Waals surface area contributed by atoms with Gasteiger partial charge in [0.1, 0.15) is 11.6 Å². The first kappa shape index (κ1) is 14.9. The molecule has 2 rings (SSSR count). The topological polar surface area (TPSA) is 12.0 Å². The van der Waals surface area contributed by atoms with E-state index < -0.39 is 17.7 Å². The Bertz CT molecular complexity index is 596. The first-order valence-electron chi connectivity index (χ1n) is 6.47. The molecule has 0 radical (unpaired) electrons. The molecule has 1 atom stereocenters. The van der Waals surface area contributed by atoms with Crippen LogP contribution in [-0.4, -0.2) is 6.54 Å². The van der Waals surface area contributed by atoms with Crippen molar-refractivity contribution < 1.29 is 8.78 Å². The molecule has 0 spiro atoms. The highest BCUT2D eigenvalue weighted by Gasteiger charge is 2.19. The summed E-state index contributed by atoms with van der Waals surface area (Å²) in [6, 6.07) is 9.50. The zero-order chi connectivity index (χ0) is 14.7. The summed E-state index contributed by atoms with van der Waals surface area (Å²) in [7, 11) is 0. The number of benzene rings is 2. The Kier molecular flexibility index (Phi) is 4.73. The Hall–Kier alpha value is -1.45. The summed E-state index contributed by atoms with van der Waals surface area (Å²) in [6.07, 6.45) is 0. The third-order valence-corrected chi connectivity index (χ3v) is 3.46. The third-order valence-electron chi connectivity index (χ3n) is 3.17. The van der Waals surface area contributed by atoms with Crippen LogP contribution in [0.3, 0.4) is 0 Å². The molecule has 0 aliphatic heterocycles. The maximum absolute atomic E-state index is 14.1. The molecule has 1 N–H and O–H groups in total. The third kappa shape index (κ3) is 3.17. The van der Waals surface area contributed by atoms with Crippen molar-refractivity contribution in [1.82, 2.24) is 5.32 Å². The number of hydrogen-bond acceptors (Lipinski definition) is 1. The second-order valence-electron chi connectivity index (χ2n) is 4.69. The normalized spacial score (nSPS) is 12.4. The fourth-order valence-electron chi connectivity index (χ4n) is 2.13. The van der Waals surface area contributed by atoms with Crippen LogP contribution in [0.1, 0.15) is 29.7 Å².